The molecule has 2 saturated heterocycles. The average Bonchev–Trinajstić information content (AvgIpc) is 3.55. The largest absolute Gasteiger partial charge is 0.465 e. The van der Waals surface area contributed by atoms with E-state index in [4.69, 9.17) is 4.74 Å². The van der Waals surface area contributed by atoms with E-state index < -0.39 is 11.3 Å². The summed E-state index contributed by atoms with van der Waals surface area (Å²) in [4.78, 5) is 55.6. The highest BCUT2D eigenvalue weighted by molar-refractivity contribution is 5.93. The SMILES string of the molecule is CCOC(=O)[C@]12CCC=C1N(Cc1cccc3ccccc13)C(=O)[C@H](CC(=O)NCCCN1CCCC1=O)C2. The number of likely N-dealkylation sites (tertiary alicyclic amines) is 2. The normalized spacial score (nSPS) is 22.7. The standard InChI is InChI=1S/C31H37N3O5/c1-2-39-30(38)31-15-6-13-26(31)34(21-23-11-5-10-22-9-3-4-12-25(22)23)29(37)24(20-31)19-27(35)32-16-8-18-33-17-7-14-28(33)36/h3-5,9-13,24H,2,6-8,14-21H2,1H3,(H,32,35)/t24-,31+/m1/s1. The van der Waals surface area contributed by atoms with E-state index in [9.17, 15) is 19.2 Å². The van der Waals surface area contributed by atoms with Gasteiger partial charge in [-0.3, -0.25) is 19.2 Å². The van der Waals surface area contributed by atoms with E-state index in [1.54, 1.807) is 11.8 Å². The number of benzene rings is 2. The van der Waals surface area contributed by atoms with Gasteiger partial charge in [-0.15, -0.1) is 0 Å². The molecule has 2 atom stereocenters. The highest BCUT2D eigenvalue weighted by Crippen LogP contribution is 2.51. The van der Waals surface area contributed by atoms with Gasteiger partial charge in [-0.1, -0.05) is 48.5 Å². The third-order valence-electron chi connectivity index (χ3n) is 8.30. The molecule has 3 aliphatic rings. The zero-order valence-electron chi connectivity index (χ0n) is 22.6. The van der Waals surface area contributed by atoms with Crippen molar-refractivity contribution in [1.29, 1.82) is 0 Å². The number of carbonyl (C=O) groups excluding carboxylic acids is 4. The Kier molecular flexibility index (Phi) is 8.00. The number of piperidine rings is 1. The summed E-state index contributed by atoms with van der Waals surface area (Å²) in [6, 6.07) is 14.1. The molecule has 206 valence electrons. The lowest BCUT2D eigenvalue weighted by atomic mass is 9.71. The van der Waals surface area contributed by atoms with Crippen molar-refractivity contribution in [2.75, 3.05) is 26.2 Å². The van der Waals surface area contributed by atoms with Gasteiger partial charge in [-0.05, 0) is 55.4 Å². The Hall–Kier alpha value is -3.68. The summed E-state index contributed by atoms with van der Waals surface area (Å²) in [5.74, 6) is -1.11. The molecule has 8 nitrogen and oxygen atoms in total. The first-order chi connectivity index (χ1) is 18.9. The molecule has 5 rings (SSSR count). The fraction of sp³-hybridized carbons (Fsp3) is 0.484. The monoisotopic (exact) mass is 531 g/mol. The maximum Gasteiger partial charge on any atom is 0.318 e. The molecular formula is C31H37N3O5. The van der Waals surface area contributed by atoms with E-state index in [2.05, 4.69) is 5.32 Å². The van der Waals surface area contributed by atoms with Crippen LogP contribution in [0.25, 0.3) is 10.8 Å². The minimum atomic E-state index is -0.921. The van der Waals surface area contributed by atoms with Crippen LogP contribution in [0.15, 0.2) is 54.2 Å². The molecule has 1 N–H and O–H groups in total. The highest BCUT2D eigenvalue weighted by atomic mass is 16.5. The van der Waals surface area contributed by atoms with Crippen molar-refractivity contribution < 1.29 is 23.9 Å². The second kappa shape index (κ2) is 11.6. The summed E-state index contributed by atoms with van der Waals surface area (Å²) in [6.45, 7) is 4.22. The number of allylic oxidation sites excluding steroid dienone is 1. The summed E-state index contributed by atoms with van der Waals surface area (Å²) in [6.07, 6.45) is 5.70. The minimum absolute atomic E-state index is 0.0158. The van der Waals surface area contributed by atoms with Crippen LogP contribution < -0.4 is 5.32 Å². The van der Waals surface area contributed by atoms with E-state index in [1.165, 1.54) is 0 Å². The first kappa shape index (κ1) is 26.9. The molecule has 0 saturated carbocycles. The van der Waals surface area contributed by atoms with Gasteiger partial charge in [0.1, 0.15) is 5.41 Å². The van der Waals surface area contributed by atoms with Crippen LogP contribution in [0.5, 0.6) is 0 Å². The summed E-state index contributed by atoms with van der Waals surface area (Å²) in [5.41, 5.74) is 0.787. The second-order valence-electron chi connectivity index (χ2n) is 10.8. The Morgan fingerprint density at radius 1 is 1.13 bits per heavy atom. The van der Waals surface area contributed by atoms with Crippen LogP contribution in [0, 0.1) is 11.3 Å². The van der Waals surface area contributed by atoms with E-state index in [0.29, 0.717) is 51.0 Å². The van der Waals surface area contributed by atoms with E-state index in [-0.39, 0.29) is 43.1 Å². The smallest absolute Gasteiger partial charge is 0.318 e. The molecule has 0 unspecified atom stereocenters. The molecule has 2 aliphatic heterocycles. The van der Waals surface area contributed by atoms with Crippen LogP contribution in [-0.2, 0) is 30.5 Å². The number of hydrogen-bond donors (Lipinski definition) is 1. The lowest BCUT2D eigenvalue weighted by Crippen LogP contribution is -2.52. The quantitative estimate of drug-likeness (QED) is 0.370. The van der Waals surface area contributed by atoms with Gasteiger partial charge in [0.2, 0.25) is 17.7 Å². The van der Waals surface area contributed by atoms with Crippen LogP contribution in [0.4, 0.5) is 0 Å². The first-order valence-electron chi connectivity index (χ1n) is 14.1. The van der Waals surface area contributed by atoms with Gasteiger partial charge in [0.25, 0.3) is 0 Å². The third kappa shape index (κ3) is 5.42. The lowest BCUT2D eigenvalue weighted by Gasteiger charge is -2.44. The summed E-state index contributed by atoms with van der Waals surface area (Å²) < 4.78 is 5.53. The predicted molar refractivity (Wildman–Crippen MR) is 147 cm³/mol. The minimum Gasteiger partial charge on any atom is -0.465 e. The van der Waals surface area contributed by atoms with E-state index in [1.807, 2.05) is 53.4 Å². The van der Waals surface area contributed by atoms with Crippen molar-refractivity contribution in [3.05, 3.63) is 59.8 Å². The fourth-order valence-corrected chi connectivity index (χ4v) is 6.42. The summed E-state index contributed by atoms with van der Waals surface area (Å²) in [5, 5.41) is 5.07. The van der Waals surface area contributed by atoms with Crippen LogP contribution in [0.2, 0.25) is 0 Å². The molecule has 39 heavy (non-hydrogen) atoms. The Bertz CT molecular complexity index is 1300. The maximum atomic E-state index is 13.9. The van der Waals surface area contributed by atoms with Crippen LogP contribution in [0.1, 0.15) is 57.4 Å². The zero-order chi connectivity index (χ0) is 27.4. The molecule has 1 aliphatic carbocycles. The van der Waals surface area contributed by atoms with Gasteiger partial charge in [-0.25, -0.2) is 0 Å². The number of fused-ring (bicyclic) bond motifs is 2. The van der Waals surface area contributed by atoms with Crippen LogP contribution >= 0.6 is 0 Å². The number of amides is 3. The third-order valence-corrected chi connectivity index (χ3v) is 8.30. The Morgan fingerprint density at radius 3 is 2.74 bits per heavy atom. The molecule has 0 aromatic heterocycles. The van der Waals surface area contributed by atoms with Gasteiger partial charge >= 0.3 is 5.97 Å². The van der Waals surface area contributed by atoms with E-state index in [0.717, 1.165) is 29.3 Å². The van der Waals surface area contributed by atoms with Crippen molar-refractivity contribution >= 4 is 34.5 Å². The number of nitrogens with one attached hydrogen (secondary N) is 1. The average molecular weight is 532 g/mol. The van der Waals surface area contributed by atoms with Crippen molar-refractivity contribution in [1.82, 2.24) is 15.1 Å². The number of hydrogen-bond acceptors (Lipinski definition) is 5. The molecule has 0 spiro atoms. The van der Waals surface area contributed by atoms with Crippen molar-refractivity contribution in [3.8, 4) is 0 Å². The molecule has 2 heterocycles. The topological polar surface area (TPSA) is 96.0 Å². The van der Waals surface area contributed by atoms with Gasteiger partial charge in [0, 0.05) is 44.1 Å². The number of esters is 1. The van der Waals surface area contributed by atoms with Gasteiger partial charge < -0.3 is 19.9 Å². The van der Waals surface area contributed by atoms with Gasteiger partial charge in [0.05, 0.1) is 13.2 Å². The number of nitrogens with zero attached hydrogens (tertiary/aromatic N) is 2. The van der Waals surface area contributed by atoms with Crippen LogP contribution in [0.3, 0.4) is 0 Å². The zero-order valence-corrected chi connectivity index (χ0v) is 22.6. The van der Waals surface area contributed by atoms with Crippen molar-refractivity contribution in [3.63, 3.8) is 0 Å². The van der Waals surface area contributed by atoms with Crippen molar-refractivity contribution in [2.45, 2.75) is 58.4 Å². The predicted octanol–water partition coefficient (Wildman–Crippen LogP) is 3.93. The fourth-order valence-electron chi connectivity index (χ4n) is 6.42. The second-order valence-corrected chi connectivity index (χ2v) is 10.8. The molecule has 2 aromatic carbocycles. The highest BCUT2D eigenvalue weighted by Gasteiger charge is 2.55. The first-order valence-corrected chi connectivity index (χ1v) is 14.1. The molecule has 2 aromatic rings. The number of carbonyl (C=O) groups is 4. The Balaban J connectivity index is 1.33. The van der Waals surface area contributed by atoms with Gasteiger partial charge in [0.15, 0.2) is 0 Å². The van der Waals surface area contributed by atoms with Gasteiger partial charge in [-0.2, -0.15) is 0 Å². The Morgan fingerprint density at radius 2 is 1.95 bits per heavy atom. The summed E-state index contributed by atoms with van der Waals surface area (Å²) >= 11 is 0. The molecule has 2 fully saturated rings. The number of ether oxygens (including phenoxy) is 1. The van der Waals surface area contributed by atoms with Crippen molar-refractivity contribution in [2.24, 2.45) is 11.3 Å². The van der Waals surface area contributed by atoms with Crippen LogP contribution in [-0.4, -0.2) is 59.7 Å². The molecule has 0 bridgehead atoms. The maximum absolute atomic E-state index is 13.9. The Labute approximate surface area is 229 Å². The molecular weight excluding hydrogens is 494 g/mol. The molecule has 3 amide bonds. The molecule has 0 radical (unpaired) electrons. The number of rotatable bonds is 10. The molecule has 8 heteroatoms. The summed E-state index contributed by atoms with van der Waals surface area (Å²) in [7, 11) is 0. The lowest BCUT2D eigenvalue weighted by molar-refractivity contribution is -0.161. The van der Waals surface area contributed by atoms with E-state index >= 15 is 0 Å².